The molecule has 6 heterocycles. The van der Waals surface area contributed by atoms with Gasteiger partial charge in [-0.2, -0.15) is 0 Å². The fourth-order valence-electron chi connectivity index (χ4n) is 6.58. The van der Waals surface area contributed by atoms with Crippen LogP contribution in [-0.2, 0) is 35.1 Å². The molecule has 41 heavy (non-hydrogen) atoms. The van der Waals surface area contributed by atoms with Gasteiger partial charge < -0.3 is 0 Å². The molecule has 3 aromatic carbocycles. The van der Waals surface area contributed by atoms with Gasteiger partial charge in [0, 0.05) is 0 Å². The monoisotopic (exact) mass is 664 g/mol. The summed E-state index contributed by atoms with van der Waals surface area (Å²) in [6, 6.07) is 29.8. The third kappa shape index (κ3) is 3.56. The van der Waals surface area contributed by atoms with Crippen molar-refractivity contribution in [3.05, 3.63) is 115 Å². The topological polar surface area (TPSA) is 80.3 Å². The van der Waals surface area contributed by atoms with E-state index in [4.69, 9.17) is 35.1 Å². The Bertz CT molecular complexity index is 1320. The van der Waals surface area contributed by atoms with Crippen LogP contribution in [0.5, 0.6) is 0 Å². The third-order valence-electron chi connectivity index (χ3n) is 8.50. The Balaban J connectivity index is 1.22. The Morgan fingerprint density at radius 1 is 0.439 bits per heavy atom. The Kier molecular flexibility index (Phi) is 5.68. The fourth-order valence-corrected chi connectivity index (χ4v) is 18.8. The number of fused-ring (bicyclic) bond motifs is 10. The number of rotatable bonds is 7. The zero-order chi connectivity index (χ0) is 27.0. The fraction of sp³-hybridized carbons (Fsp3) is 0.267. The Labute approximate surface area is 238 Å². The van der Waals surface area contributed by atoms with Crippen LogP contribution in [0.1, 0.15) is 0 Å². The van der Waals surface area contributed by atoms with E-state index >= 15 is 0 Å². The Morgan fingerprint density at radius 2 is 0.732 bits per heavy atom. The third-order valence-corrected chi connectivity index (χ3v) is 21.6. The van der Waals surface area contributed by atoms with Crippen LogP contribution >= 0.6 is 0 Å². The molecule has 8 unspecified atom stereocenters. The number of hydrogen-bond donors (Lipinski definition) is 0. The molecule has 4 bridgehead atoms. The van der Waals surface area contributed by atoms with Crippen LogP contribution in [0.25, 0.3) is 0 Å². The molecule has 4 fully saturated rings. The van der Waals surface area contributed by atoms with Crippen LogP contribution in [-0.4, -0.2) is 77.8 Å². The van der Waals surface area contributed by atoms with E-state index in [1.807, 2.05) is 115 Å². The van der Waals surface area contributed by atoms with Gasteiger partial charge in [0.25, 0.3) is 0 Å². The van der Waals surface area contributed by atoms with Crippen molar-refractivity contribution in [1.82, 2.24) is 10.8 Å². The molecule has 8 atom stereocenters. The van der Waals surface area contributed by atoms with Crippen molar-refractivity contribution in [1.29, 1.82) is 0 Å². The second-order valence-corrected chi connectivity index (χ2v) is 21.6. The average molecular weight is 665 g/mol. The van der Waals surface area contributed by atoms with E-state index in [-0.39, 0.29) is 48.8 Å². The van der Waals surface area contributed by atoms with Gasteiger partial charge in [0.2, 0.25) is 0 Å². The quantitative estimate of drug-likeness (QED) is 0.274. The molecule has 6 aliphatic heterocycles. The summed E-state index contributed by atoms with van der Waals surface area (Å²) in [4.78, 5) is 25.2. The van der Waals surface area contributed by atoms with Crippen molar-refractivity contribution < 1.29 is 35.1 Å². The van der Waals surface area contributed by atoms with Crippen LogP contribution in [0.15, 0.2) is 115 Å². The van der Waals surface area contributed by atoms with Gasteiger partial charge in [0.15, 0.2) is 0 Å². The predicted octanol–water partition coefficient (Wildman–Crippen LogP) is 1.47. The maximum absolute atomic E-state index is 7.20. The van der Waals surface area contributed by atoms with E-state index in [1.165, 1.54) is 0 Å². The Morgan fingerprint density at radius 3 is 1.02 bits per heavy atom. The van der Waals surface area contributed by atoms with Crippen LogP contribution < -0.4 is 10.5 Å². The molecule has 0 amide bonds. The first-order chi connectivity index (χ1) is 20.2. The minimum atomic E-state index is -5.77. The number of nitrogens with zero attached hydrogens (tertiary/aromatic N) is 2. The summed E-state index contributed by atoms with van der Waals surface area (Å²) in [5.74, 6) is 0. The van der Waals surface area contributed by atoms with Crippen LogP contribution in [0.2, 0.25) is 0 Å². The summed E-state index contributed by atoms with van der Waals surface area (Å²) < 4.78 is 28.7. The van der Waals surface area contributed by atoms with E-state index < -0.39 is 18.2 Å². The van der Waals surface area contributed by atoms with Crippen molar-refractivity contribution in [2.75, 3.05) is 0 Å². The molecule has 0 saturated carbocycles. The van der Waals surface area contributed by atoms with Crippen molar-refractivity contribution in [2.24, 2.45) is 0 Å². The van der Waals surface area contributed by atoms with Gasteiger partial charge in [-0.3, -0.25) is 0 Å². The van der Waals surface area contributed by atoms with Gasteiger partial charge in [0.1, 0.15) is 0 Å². The molecule has 10 nitrogen and oxygen atoms in total. The summed E-state index contributed by atoms with van der Waals surface area (Å²) in [6.45, 7) is 0. The average Bonchev–Trinajstić information content (AvgIpc) is 3.87. The summed E-state index contributed by atoms with van der Waals surface area (Å²) in [6.07, 6.45) is 5.79. The van der Waals surface area contributed by atoms with Crippen molar-refractivity contribution in [3.8, 4) is 0 Å². The summed E-state index contributed by atoms with van der Waals surface area (Å²) in [5.41, 5.74) is 0. The van der Waals surface area contributed by atoms with Gasteiger partial charge in [-0.15, -0.1) is 0 Å². The van der Waals surface area contributed by atoms with Crippen molar-refractivity contribution >= 4 is 28.8 Å². The molecule has 0 spiro atoms. The zero-order valence-corrected chi connectivity index (χ0v) is 24.2. The summed E-state index contributed by atoms with van der Waals surface area (Å²) in [5, 5.41) is 2.29. The number of ether oxygens (including phenoxy) is 2. The predicted molar refractivity (Wildman–Crippen MR) is 145 cm³/mol. The zero-order valence-electron chi connectivity index (χ0n) is 21.7. The van der Waals surface area contributed by atoms with E-state index in [0.29, 0.717) is 0 Å². The van der Waals surface area contributed by atoms with Crippen LogP contribution in [0.3, 0.4) is 0 Å². The van der Waals surface area contributed by atoms with Gasteiger partial charge >= 0.3 is 239 Å². The van der Waals surface area contributed by atoms with E-state index in [1.54, 1.807) is 0 Å². The first kappa shape index (κ1) is 25.1. The molecule has 4 saturated heterocycles. The van der Waals surface area contributed by atoms with E-state index in [2.05, 4.69) is 0 Å². The normalized spacial score (nSPS) is 36.0. The summed E-state index contributed by atoms with van der Waals surface area (Å²) >= 11 is -5.77. The molecule has 0 aliphatic carbocycles. The molecule has 6 aliphatic rings. The van der Waals surface area contributed by atoms with E-state index in [9.17, 15) is 0 Å². The van der Waals surface area contributed by atoms with Crippen molar-refractivity contribution in [3.63, 3.8) is 0 Å². The van der Waals surface area contributed by atoms with Gasteiger partial charge in [-0.25, -0.2) is 0 Å². The Hall–Kier alpha value is -2.44. The SMILES string of the molecule is C1=CC2OC1C1ON([O][Sb]([O]N3OC4C5C=CC(O5)C4O3)([c]3ccccc3)([c]3ccccc3)[c]3ccccc3)OC21. The standard InChI is InChI=1S/2C6H6NO4.3C6H5.Sb/c2*8-7-10-5-3-1-2-4(9-3)6(5)11-7;3*1-2-4-6-5-3-1;/h2*1-6H;3*1-5H;/q2*-1;;;;+2. The molecular weight excluding hydrogens is 638 g/mol. The molecule has 3 aromatic rings. The van der Waals surface area contributed by atoms with Gasteiger partial charge in [0.05, 0.1) is 0 Å². The molecule has 210 valence electrons. The summed E-state index contributed by atoms with van der Waals surface area (Å²) in [7, 11) is 0. The van der Waals surface area contributed by atoms with Crippen LogP contribution in [0, 0.1) is 0 Å². The first-order valence-electron chi connectivity index (χ1n) is 13.7. The number of benzene rings is 3. The number of hydrogen-bond acceptors (Lipinski definition) is 10. The van der Waals surface area contributed by atoms with Crippen LogP contribution in [0.4, 0.5) is 0 Å². The molecule has 0 N–H and O–H groups in total. The molecule has 0 aromatic heterocycles. The first-order valence-corrected chi connectivity index (χ1v) is 19.7. The second kappa shape index (κ2) is 9.28. The van der Waals surface area contributed by atoms with Gasteiger partial charge in [-0.1, -0.05) is 0 Å². The van der Waals surface area contributed by atoms with Crippen molar-refractivity contribution in [2.45, 2.75) is 48.8 Å². The van der Waals surface area contributed by atoms with E-state index in [0.717, 1.165) is 21.3 Å². The van der Waals surface area contributed by atoms with Gasteiger partial charge in [-0.05, 0) is 0 Å². The molecular formula is C30H27N2O8Sb. The molecule has 9 rings (SSSR count). The second-order valence-electron chi connectivity index (χ2n) is 10.8. The maximum atomic E-state index is 7.20. The molecule has 11 heteroatoms. The molecule has 0 radical (unpaired) electrons. The minimum absolute atomic E-state index is 0.211.